The molecule has 1 aromatic rings. The maximum atomic E-state index is 9.31. The lowest BCUT2D eigenvalue weighted by molar-refractivity contribution is 0.282. The van der Waals surface area contributed by atoms with E-state index >= 15 is 0 Å². The molecule has 1 aliphatic rings. The van der Waals surface area contributed by atoms with Crippen molar-refractivity contribution in [2.45, 2.75) is 51.7 Å². The van der Waals surface area contributed by atoms with Gasteiger partial charge in [0, 0.05) is 17.3 Å². The van der Waals surface area contributed by atoms with Gasteiger partial charge in [-0.05, 0) is 31.2 Å². The Kier molecular flexibility index (Phi) is 4.43. The molecule has 2 rings (SSSR count). The van der Waals surface area contributed by atoms with Crippen molar-refractivity contribution in [3.05, 3.63) is 29.8 Å². The number of aliphatic hydroxyl groups is 1. The monoisotopic (exact) mass is 233 g/mol. The van der Waals surface area contributed by atoms with Crippen LogP contribution in [0.2, 0.25) is 0 Å². The van der Waals surface area contributed by atoms with Gasteiger partial charge in [-0.25, -0.2) is 0 Å². The predicted octanol–water partition coefficient (Wildman–Crippen LogP) is 3.56. The largest absolute Gasteiger partial charge is 0.392 e. The summed E-state index contributed by atoms with van der Waals surface area (Å²) in [7, 11) is 0. The zero-order chi connectivity index (χ0) is 12.1. The third-order valence-electron chi connectivity index (χ3n) is 3.80. The number of aliphatic hydroxyl groups excluding tert-OH is 1. The number of para-hydroxylation sites is 1. The van der Waals surface area contributed by atoms with Gasteiger partial charge in [-0.3, -0.25) is 0 Å². The van der Waals surface area contributed by atoms with Crippen LogP contribution in [0.3, 0.4) is 0 Å². The van der Waals surface area contributed by atoms with Crippen molar-refractivity contribution in [1.29, 1.82) is 0 Å². The van der Waals surface area contributed by atoms with Gasteiger partial charge in [0.25, 0.3) is 0 Å². The van der Waals surface area contributed by atoms with Gasteiger partial charge in [-0.1, -0.05) is 38.0 Å². The van der Waals surface area contributed by atoms with Crippen LogP contribution in [-0.4, -0.2) is 11.1 Å². The molecule has 1 aromatic carbocycles. The number of benzene rings is 1. The molecule has 0 saturated heterocycles. The van der Waals surface area contributed by atoms with Gasteiger partial charge in [0.05, 0.1) is 6.61 Å². The highest BCUT2D eigenvalue weighted by Crippen LogP contribution is 2.26. The Morgan fingerprint density at radius 2 is 2.00 bits per heavy atom. The summed E-state index contributed by atoms with van der Waals surface area (Å²) in [6.45, 7) is 2.47. The molecule has 0 radical (unpaired) electrons. The smallest absolute Gasteiger partial charge is 0.0701 e. The Morgan fingerprint density at radius 3 is 2.82 bits per heavy atom. The van der Waals surface area contributed by atoms with Gasteiger partial charge >= 0.3 is 0 Å². The van der Waals surface area contributed by atoms with Gasteiger partial charge in [0.1, 0.15) is 0 Å². The van der Waals surface area contributed by atoms with Crippen LogP contribution in [0.4, 0.5) is 5.69 Å². The Labute approximate surface area is 104 Å². The number of nitrogens with one attached hydrogen (secondary N) is 1. The number of hydrogen-bond donors (Lipinski definition) is 2. The summed E-state index contributed by atoms with van der Waals surface area (Å²) in [5.41, 5.74) is 2.11. The lowest BCUT2D eigenvalue weighted by atomic mass is 10.0. The minimum atomic E-state index is 0.117. The Bertz CT molecular complexity index is 351. The number of rotatable bonds is 3. The van der Waals surface area contributed by atoms with Gasteiger partial charge in [0.15, 0.2) is 0 Å². The van der Waals surface area contributed by atoms with Crippen molar-refractivity contribution >= 4 is 5.69 Å². The van der Waals surface area contributed by atoms with E-state index < -0.39 is 0 Å². The first kappa shape index (κ1) is 12.4. The van der Waals surface area contributed by atoms with E-state index in [9.17, 15) is 5.11 Å². The molecule has 0 spiro atoms. The fraction of sp³-hybridized carbons (Fsp3) is 0.600. The summed E-state index contributed by atoms with van der Waals surface area (Å²) >= 11 is 0. The van der Waals surface area contributed by atoms with E-state index in [-0.39, 0.29) is 6.61 Å². The van der Waals surface area contributed by atoms with Gasteiger partial charge in [0.2, 0.25) is 0 Å². The van der Waals surface area contributed by atoms with Crippen molar-refractivity contribution in [1.82, 2.24) is 0 Å². The summed E-state index contributed by atoms with van der Waals surface area (Å²) in [4.78, 5) is 0. The third kappa shape index (κ3) is 3.47. The van der Waals surface area contributed by atoms with Crippen molar-refractivity contribution in [2.24, 2.45) is 5.92 Å². The van der Waals surface area contributed by atoms with E-state index in [0.717, 1.165) is 17.2 Å². The molecule has 94 valence electrons. The molecule has 0 bridgehead atoms. The van der Waals surface area contributed by atoms with Crippen LogP contribution in [0.5, 0.6) is 0 Å². The summed E-state index contributed by atoms with van der Waals surface area (Å²) in [5.74, 6) is 0.870. The van der Waals surface area contributed by atoms with Crippen molar-refractivity contribution < 1.29 is 5.11 Å². The molecule has 1 aliphatic carbocycles. The summed E-state index contributed by atoms with van der Waals surface area (Å²) in [6, 6.07) is 8.64. The first-order chi connectivity index (χ1) is 8.29. The molecule has 1 saturated carbocycles. The second-order valence-electron chi connectivity index (χ2n) is 5.27. The highest BCUT2D eigenvalue weighted by atomic mass is 16.3. The Morgan fingerprint density at radius 1 is 1.18 bits per heavy atom. The van der Waals surface area contributed by atoms with Crippen LogP contribution >= 0.6 is 0 Å². The second kappa shape index (κ2) is 6.06. The van der Waals surface area contributed by atoms with Crippen molar-refractivity contribution in [3.63, 3.8) is 0 Å². The van der Waals surface area contributed by atoms with Crippen LogP contribution in [0, 0.1) is 5.92 Å². The van der Waals surface area contributed by atoms with Crippen molar-refractivity contribution in [2.75, 3.05) is 5.32 Å². The molecule has 2 N–H and O–H groups in total. The van der Waals surface area contributed by atoms with Crippen LogP contribution in [0.25, 0.3) is 0 Å². The van der Waals surface area contributed by atoms with Crippen LogP contribution < -0.4 is 5.32 Å². The average Bonchev–Trinajstić information content (AvgIpc) is 2.55. The highest BCUT2D eigenvalue weighted by Gasteiger charge is 2.16. The molecule has 0 heterocycles. The van der Waals surface area contributed by atoms with Gasteiger partial charge in [-0.15, -0.1) is 0 Å². The fourth-order valence-corrected chi connectivity index (χ4v) is 2.65. The zero-order valence-corrected chi connectivity index (χ0v) is 10.7. The normalized spacial score (nSPS) is 25.3. The molecule has 2 nitrogen and oxygen atoms in total. The Balaban J connectivity index is 1.99. The molecular formula is C15H23NO. The topological polar surface area (TPSA) is 32.3 Å². The molecule has 0 aromatic heterocycles. The average molecular weight is 233 g/mol. The fourth-order valence-electron chi connectivity index (χ4n) is 2.65. The standard InChI is InChI=1S/C15H23NO/c1-12-5-4-7-14(10-9-12)16-15-8-3-2-6-13(15)11-17/h2-3,6,8,12,14,16-17H,4-5,7,9-11H2,1H3. The summed E-state index contributed by atoms with van der Waals surface area (Å²) < 4.78 is 0. The maximum Gasteiger partial charge on any atom is 0.0701 e. The van der Waals surface area contributed by atoms with Crippen LogP contribution in [-0.2, 0) is 6.61 Å². The van der Waals surface area contributed by atoms with E-state index in [1.807, 2.05) is 18.2 Å². The first-order valence-electron chi connectivity index (χ1n) is 6.75. The molecule has 1 fully saturated rings. The van der Waals surface area contributed by atoms with Crippen LogP contribution in [0.15, 0.2) is 24.3 Å². The lowest BCUT2D eigenvalue weighted by Crippen LogP contribution is -2.19. The molecular weight excluding hydrogens is 210 g/mol. The van der Waals surface area contributed by atoms with Crippen LogP contribution in [0.1, 0.15) is 44.6 Å². The van der Waals surface area contributed by atoms with E-state index in [2.05, 4.69) is 18.3 Å². The SMILES string of the molecule is CC1CCCC(Nc2ccccc2CO)CC1. The molecule has 0 aliphatic heterocycles. The predicted molar refractivity (Wildman–Crippen MR) is 72.0 cm³/mol. The van der Waals surface area contributed by atoms with E-state index in [0.29, 0.717) is 6.04 Å². The zero-order valence-electron chi connectivity index (χ0n) is 10.7. The molecule has 2 atom stereocenters. The van der Waals surface area contributed by atoms with Crippen molar-refractivity contribution in [3.8, 4) is 0 Å². The first-order valence-corrected chi connectivity index (χ1v) is 6.75. The van der Waals surface area contributed by atoms with E-state index in [1.54, 1.807) is 0 Å². The lowest BCUT2D eigenvalue weighted by Gasteiger charge is -2.19. The minimum Gasteiger partial charge on any atom is -0.392 e. The highest BCUT2D eigenvalue weighted by molar-refractivity contribution is 5.51. The van der Waals surface area contributed by atoms with E-state index in [4.69, 9.17) is 0 Å². The number of anilines is 1. The van der Waals surface area contributed by atoms with Gasteiger partial charge in [-0.2, -0.15) is 0 Å². The Hall–Kier alpha value is -1.02. The summed E-state index contributed by atoms with van der Waals surface area (Å²) in [5, 5.41) is 12.9. The molecule has 2 unspecified atom stereocenters. The summed E-state index contributed by atoms with van der Waals surface area (Å²) in [6.07, 6.45) is 6.50. The minimum absolute atomic E-state index is 0.117. The molecule has 2 heteroatoms. The number of hydrogen-bond acceptors (Lipinski definition) is 2. The van der Waals surface area contributed by atoms with Gasteiger partial charge < -0.3 is 10.4 Å². The maximum absolute atomic E-state index is 9.31. The van der Waals surface area contributed by atoms with E-state index in [1.165, 1.54) is 32.1 Å². The second-order valence-corrected chi connectivity index (χ2v) is 5.27. The molecule has 17 heavy (non-hydrogen) atoms. The molecule has 0 amide bonds. The third-order valence-corrected chi connectivity index (χ3v) is 3.80. The quantitative estimate of drug-likeness (QED) is 0.782.